The number of carbonyl (C=O) groups is 1. The number of likely N-dealkylation sites (tertiary alicyclic amines) is 2. The Morgan fingerprint density at radius 2 is 2.07 bits per heavy atom. The first-order valence-electron chi connectivity index (χ1n) is 9.72. The number of nitrogens with zero attached hydrogens (tertiary/aromatic N) is 3. The first-order chi connectivity index (χ1) is 13.0. The molecule has 4 rings (SSSR count). The van der Waals surface area contributed by atoms with Gasteiger partial charge in [-0.3, -0.25) is 9.69 Å². The Balaban J connectivity index is 1.42. The minimum absolute atomic E-state index is 0.0759. The number of aryl methyl sites for hydroxylation is 1. The number of aromatic nitrogens is 1. The lowest BCUT2D eigenvalue weighted by molar-refractivity contribution is 0.0675. The molecule has 0 bridgehead atoms. The van der Waals surface area contributed by atoms with Crippen molar-refractivity contribution in [3.63, 3.8) is 0 Å². The van der Waals surface area contributed by atoms with E-state index in [1.54, 1.807) is 18.3 Å². The molecule has 1 aromatic heterocycles. The van der Waals surface area contributed by atoms with Crippen molar-refractivity contribution < 1.29 is 4.79 Å². The largest absolute Gasteiger partial charge is 0.338 e. The van der Waals surface area contributed by atoms with Crippen LogP contribution >= 0.6 is 11.6 Å². The molecule has 1 spiro atoms. The maximum absolute atomic E-state index is 12.9. The van der Waals surface area contributed by atoms with Crippen molar-refractivity contribution in [3.05, 3.63) is 64.4 Å². The molecule has 5 heteroatoms. The molecule has 142 valence electrons. The van der Waals surface area contributed by atoms with Crippen LogP contribution in [0.15, 0.2) is 42.6 Å². The molecule has 3 heterocycles. The fourth-order valence-electron chi connectivity index (χ4n) is 4.67. The van der Waals surface area contributed by atoms with Crippen LogP contribution in [-0.4, -0.2) is 46.9 Å². The van der Waals surface area contributed by atoms with Crippen molar-refractivity contribution in [2.75, 3.05) is 26.2 Å². The van der Waals surface area contributed by atoms with E-state index in [0.717, 1.165) is 39.1 Å². The van der Waals surface area contributed by atoms with Gasteiger partial charge < -0.3 is 4.90 Å². The van der Waals surface area contributed by atoms with Gasteiger partial charge in [0.2, 0.25) is 0 Å². The highest BCUT2D eigenvalue weighted by molar-refractivity contribution is 6.29. The van der Waals surface area contributed by atoms with E-state index in [1.807, 2.05) is 4.90 Å². The summed E-state index contributed by atoms with van der Waals surface area (Å²) in [6.45, 7) is 7.03. The molecule has 0 unspecified atom stereocenters. The van der Waals surface area contributed by atoms with Gasteiger partial charge in [0.15, 0.2) is 0 Å². The molecule has 2 fully saturated rings. The van der Waals surface area contributed by atoms with Crippen LogP contribution in [0.3, 0.4) is 0 Å². The van der Waals surface area contributed by atoms with Crippen LogP contribution in [0.5, 0.6) is 0 Å². The smallest absolute Gasteiger partial charge is 0.254 e. The number of piperidine rings is 1. The van der Waals surface area contributed by atoms with Crippen molar-refractivity contribution in [1.82, 2.24) is 14.8 Å². The lowest BCUT2D eigenvalue weighted by Gasteiger charge is -2.40. The highest BCUT2D eigenvalue weighted by atomic mass is 35.5. The third kappa shape index (κ3) is 4.17. The summed E-state index contributed by atoms with van der Waals surface area (Å²) in [5.74, 6) is 0.0759. The van der Waals surface area contributed by atoms with Gasteiger partial charge in [0.25, 0.3) is 5.91 Å². The van der Waals surface area contributed by atoms with Crippen LogP contribution in [0.2, 0.25) is 5.15 Å². The van der Waals surface area contributed by atoms with E-state index >= 15 is 0 Å². The van der Waals surface area contributed by atoms with Crippen molar-refractivity contribution in [1.29, 1.82) is 0 Å². The van der Waals surface area contributed by atoms with Crippen LogP contribution < -0.4 is 0 Å². The molecule has 1 atom stereocenters. The maximum Gasteiger partial charge on any atom is 0.254 e. The van der Waals surface area contributed by atoms with Gasteiger partial charge in [-0.2, -0.15) is 0 Å². The zero-order chi connectivity index (χ0) is 18.9. The molecule has 0 aliphatic carbocycles. The topological polar surface area (TPSA) is 36.4 Å². The van der Waals surface area contributed by atoms with E-state index < -0.39 is 0 Å². The summed E-state index contributed by atoms with van der Waals surface area (Å²) >= 11 is 5.96. The predicted octanol–water partition coefficient (Wildman–Crippen LogP) is 4.17. The number of hydrogen-bond donors (Lipinski definition) is 0. The summed E-state index contributed by atoms with van der Waals surface area (Å²) < 4.78 is 0. The summed E-state index contributed by atoms with van der Waals surface area (Å²) in [7, 11) is 0. The molecule has 0 radical (unpaired) electrons. The fraction of sp³-hybridized carbons (Fsp3) is 0.455. The van der Waals surface area contributed by atoms with E-state index in [0.29, 0.717) is 10.7 Å². The van der Waals surface area contributed by atoms with Gasteiger partial charge in [-0.1, -0.05) is 41.4 Å². The summed E-state index contributed by atoms with van der Waals surface area (Å²) in [5, 5.41) is 0.372. The number of benzene rings is 1. The average molecular weight is 384 g/mol. The number of rotatable bonds is 3. The van der Waals surface area contributed by atoms with Gasteiger partial charge in [-0.25, -0.2) is 4.98 Å². The standard InChI is InChI=1S/C22H26ClN3O/c1-17-4-2-5-18(12-17)14-25-10-3-7-22(15-25)8-11-26(16-22)21(27)19-6-9-24-20(23)13-19/h2,4-6,9,12-13H,3,7-8,10-11,14-16H2,1H3/t22-/m0/s1. The first-order valence-corrected chi connectivity index (χ1v) is 10.1. The number of halogens is 1. The lowest BCUT2D eigenvalue weighted by atomic mass is 9.79. The molecule has 0 saturated carbocycles. The number of hydrogen-bond acceptors (Lipinski definition) is 3. The molecular formula is C22H26ClN3O. The maximum atomic E-state index is 12.9. The Morgan fingerprint density at radius 3 is 2.89 bits per heavy atom. The van der Waals surface area contributed by atoms with Crippen LogP contribution in [0, 0.1) is 12.3 Å². The molecule has 2 aliphatic rings. The van der Waals surface area contributed by atoms with Crippen LogP contribution in [-0.2, 0) is 6.54 Å². The second kappa shape index (κ2) is 7.61. The average Bonchev–Trinajstić information content (AvgIpc) is 3.04. The molecule has 2 aliphatic heterocycles. The molecular weight excluding hydrogens is 358 g/mol. The van der Waals surface area contributed by atoms with Crippen LogP contribution in [0.1, 0.15) is 40.7 Å². The van der Waals surface area contributed by atoms with E-state index in [9.17, 15) is 4.79 Å². The third-order valence-corrected chi connectivity index (χ3v) is 6.13. The lowest BCUT2D eigenvalue weighted by Crippen LogP contribution is -2.45. The van der Waals surface area contributed by atoms with Crippen molar-refractivity contribution in [2.45, 2.75) is 32.7 Å². The predicted molar refractivity (Wildman–Crippen MR) is 108 cm³/mol. The summed E-state index contributed by atoms with van der Waals surface area (Å²) in [6, 6.07) is 12.2. The van der Waals surface area contributed by atoms with Crippen LogP contribution in [0.25, 0.3) is 0 Å². The number of amides is 1. The molecule has 2 aromatic rings. The van der Waals surface area contributed by atoms with Gasteiger partial charge in [0.1, 0.15) is 5.15 Å². The third-order valence-electron chi connectivity index (χ3n) is 5.93. The summed E-state index contributed by atoms with van der Waals surface area (Å²) in [4.78, 5) is 21.4. The molecule has 4 nitrogen and oxygen atoms in total. The van der Waals surface area contributed by atoms with Gasteiger partial charge in [-0.15, -0.1) is 0 Å². The number of pyridine rings is 1. The molecule has 1 aromatic carbocycles. The van der Waals surface area contributed by atoms with Gasteiger partial charge >= 0.3 is 0 Å². The minimum Gasteiger partial charge on any atom is -0.338 e. The Hall–Kier alpha value is -1.91. The summed E-state index contributed by atoms with van der Waals surface area (Å²) in [6.07, 6.45) is 5.10. The first kappa shape index (κ1) is 18.5. The van der Waals surface area contributed by atoms with E-state index in [4.69, 9.17) is 11.6 Å². The fourth-order valence-corrected chi connectivity index (χ4v) is 4.85. The van der Waals surface area contributed by atoms with Crippen molar-refractivity contribution >= 4 is 17.5 Å². The molecule has 1 amide bonds. The van der Waals surface area contributed by atoms with Gasteiger partial charge in [-0.05, 0) is 50.4 Å². The van der Waals surface area contributed by atoms with E-state index in [1.165, 1.54) is 24.0 Å². The minimum atomic E-state index is 0.0759. The Kier molecular flexibility index (Phi) is 5.20. The zero-order valence-electron chi connectivity index (χ0n) is 15.8. The van der Waals surface area contributed by atoms with Crippen molar-refractivity contribution in [2.24, 2.45) is 5.41 Å². The highest BCUT2D eigenvalue weighted by Crippen LogP contribution is 2.39. The monoisotopic (exact) mass is 383 g/mol. The molecule has 27 heavy (non-hydrogen) atoms. The van der Waals surface area contributed by atoms with Crippen molar-refractivity contribution in [3.8, 4) is 0 Å². The van der Waals surface area contributed by atoms with E-state index in [-0.39, 0.29) is 11.3 Å². The molecule has 0 N–H and O–H groups in total. The zero-order valence-corrected chi connectivity index (χ0v) is 16.6. The van der Waals surface area contributed by atoms with E-state index in [2.05, 4.69) is 41.1 Å². The SMILES string of the molecule is Cc1cccc(CN2CCC[C@]3(CCN(C(=O)c4ccnc(Cl)c4)C3)C2)c1. The normalized spacial score (nSPS) is 23.1. The Bertz CT molecular complexity index is 840. The summed E-state index contributed by atoms with van der Waals surface area (Å²) in [5.41, 5.74) is 3.56. The van der Waals surface area contributed by atoms with Gasteiger partial charge in [0.05, 0.1) is 0 Å². The second-order valence-electron chi connectivity index (χ2n) is 8.15. The Labute approximate surface area is 166 Å². The van der Waals surface area contributed by atoms with Gasteiger partial charge in [0, 0.05) is 43.4 Å². The number of carbonyl (C=O) groups excluding carboxylic acids is 1. The Morgan fingerprint density at radius 1 is 1.19 bits per heavy atom. The molecule has 2 saturated heterocycles. The highest BCUT2D eigenvalue weighted by Gasteiger charge is 2.42. The second-order valence-corrected chi connectivity index (χ2v) is 8.53. The quantitative estimate of drug-likeness (QED) is 0.746. The van der Waals surface area contributed by atoms with Crippen LogP contribution in [0.4, 0.5) is 0 Å².